The number of rotatable bonds is 2. The van der Waals surface area contributed by atoms with Gasteiger partial charge in [0, 0.05) is 9.75 Å². The molecule has 0 amide bonds. The fourth-order valence-corrected chi connectivity index (χ4v) is 3.52. The summed E-state index contributed by atoms with van der Waals surface area (Å²) in [5, 5.41) is 10.5. The number of hydrogen-bond acceptors (Lipinski definition) is 3. The van der Waals surface area contributed by atoms with Gasteiger partial charge in [-0.1, -0.05) is 0 Å². The molecule has 1 atom stereocenters. The molecule has 14 heavy (non-hydrogen) atoms. The van der Waals surface area contributed by atoms with Crippen LogP contribution in [0.15, 0.2) is 6.07 Å². The molecular weight excluding hydrogens is 194 g/mol. The van der Waals surface area contributed by atoms with Gasteiger partial charge in [0.2, 0.25) is 0 Å². The zero-order valence-corrected chi connectivity index (χ0v) is 9.36. The van der Waals surface area contributed by atoms with E-state index < -0.39 is 5.60 Å². The lowest BCUT2D eigenvalue weighted by Crippen LogP contribution is -2.31. The number of aryl methyl sites for hydroxylation is 2. The maximum Gasteiger partial charge on any atom is 0.100 e. The van der Waals surface area contributed by atoms with Gasteiger partial charge in [0.15, 0.2) is 0 Å². The Morgan fingerprint density at radius 2 is 2.43 bits per heavy atom. The quantitative estimate of drug-likeness (QED) is 0.785. The maximum atomic E-state index is 10.5. The summed E-state index contributed by atoms with van der Waals surface area (Å²) in [5.74, 6) is 0. The SMILES string of the molecule is Cc1cc2c(s1)C(O)(CCN)CCC2. The standard InChI is InChI=1S/C11H17NOS/c1-8-7-9-3-2-4-11(13,5-6-12)10(9)14-8/h7,13H,2-6,12H2,1H3. The number of hydrogen-bond donors (Lipinski definition) is 2. The lowest BCUT2D eigenvalue weighted by atomic mass is 9.83. The van der Waals surface area contributed by atoms with Crippen LogP contribution in [0.2, 0.25) is 0 Å². The molecule has 1 aromatic heterocycles. The Labute approximate surface area is 88.8 Å². The van der Waals surface area contributed by atoms with Gasteiger partial charge in [-0.2, -0.15) is 0 Å². The van der Waals surface area contributed by atoms with Crippen LogP contribution < -0.4 is 5.73 Å². The molecule has 1 aromatic rings. The predicted octanol–water partition coefficient (Wildman–Crippen LogP) is 1.93. The van der Waals surface area contributed by atoms with Crippen molar-refractivity contribution in [3.8, 4) is 0 Å². The molecule has 2 nitrogen and oxygen atoms in total. The fourth-order valence-electron chi connectivity index (χ4n) is 2.31. The van der Waals surface area contributed by atoms with E-state index in [-0.39, 0.29) is 0 Å². The first-order valence-corrected chi connectivity index (χ1v) is 5.99. The molecule has 0 bridgehead atoms. The number of thiophene rings is 1. The molecule has 0 radical (unpaired) electrons. The van der Waals surface area contributed by atoms with E-state index in [1.165, 1.54) is 15.3 Å². The van der Waals surface area contributed by atoms with Crippen molar-refractivity contribution in [1.82, 2.24) is 0 Å². The summed E-state index contributed by atoms with van der Waals surface area (Å²) < 4.78 is 0. The second-order valence-corrected chi connectivity index (χ2v) is 5.39. The molecule has 1 unspecified atom stereocenters. The van der Waals surface area contributed by atoms with Gasteiger partial charge in [0.1, 0.15) is 5.60 Å². The fraction of sp³-hybridized carbons (Fsp3) is 0.636. The van der Waals surface area contributed by atoms with E-state index in [0.29, 0.717) is 13.0 Å². The summed E-state index contributed by atoms with van der Waals surface area (Å²) in [6.07, 6.45) is 3.77. The molecule has 0 aliphatic heterocycles. The number of fused-ring (bicyclic) bond motifs is 1. The summed E-state index contributed by atoms with van der Waals surface area (Å²) >= 11 is 1.73. The second-order valence-electron chi connectivity index (χ2n) is 4.14. The molecule has 1 aliphatic rings. The Morgan fingerprint density at radius 1 is 1.64 bits per heavy atom. The molecule has 0 fully saturated rings. The first kappa shape index (κ1) is 10.1. The van der Waals surface area contributed by atoms with Gasteiger partial charge in [0.25, 0.3) is 0 Å². The van der Waals surface area contributed by atoms with Crippen LogP contribution in [0.4, 0.5) is 0 Å². The molecule has 0 aromatic carbocycles. The molecule has 1 aliphatic carbocycles. The lowest BCUT2D eigenvalue weighted by Gasteiger charge is -2.31. The van der Waals surface area contributed by atoms with E-state index in [4.69, 9.17) is 5.73 Å². The van der Waals surface area contributed by atoms with E-state index in [9.17, 15) is 5.11 Å². The molecular formula is C11H17NOS. The molecule has 0 spiro atoms. The summed E-state index contributed by atoms with van der Waals surface area (Å²) in [7, 11) is 0. The first-order chi connectivity index (χ1) is 6.65. The van der Waals surface area contributed by atoms with Gasteiger partial charge in [-0.25, -0.2) is 0 Å². The number of nitrogens with two attached hydrogens (primary N) is 1. The minimum absolute atomic E-state index is 0.562. The Morgan fingerprint density at radius 3 is 3.14 bits per heavy atom. The van der Waals surface area contributed by atoms with Crippen LogP contribution in [0.1, 0.15) is 34.6 Å². The highest BCUT2D eigenvalue weighted by Gasteiger charge is 2.35. The summed E-state index contributed by atoms with van der Waals surface area (Å²) in [4.78, 5) is 2.47. The third-order valence-electron chi connectivity index (χ3n) is 2.95. The van der Waals surface area contributed by atoms with Crippen molar-refractivity contribution in [3.05, 3.63) is 21.4 Å². The van der Waals surface area contributed by atoms with E-state index in [1.54, 1.807) is 11.3 Å². The zero-order valence-electron chi connectivity index (χ0n) is 8.55. The largest absolute Gasteiger partial charge is 0.384 e. The van der Waals surface area contributed by atoms with Crippen molar-refractivity contribution in [2.75, 3.05) is 6.54 Å². The lowest BCUT2D eigenvalue weighted by molar-refractivity contribution is 0.0165. The van der Waals surface area contributed by atoms with Gasteiger partial charge in [-0.15, -0.1) is 11.3 Å². The third-order valence-corrected chi connectivity index (χ3v) is 4.24. The van der Waals surface area contributed by atoms with Crippen molar-refractivity contribution < 1.29 is 5.11 Å². The summed E-state index contributed by atoms with van der Waals surface area (Å²) in [6.45, 7) is 2.67. The predicted molar refractivity (Wildman–Crippen MR) is 59.6 cm³/mol. The highest BCUT2D eigenvalue weighted by atomic mass is 32.1. The van der Waals surface area contributed by atoms with Crippen LogP contribution in [-0.4, -0.2) is 11.7 Å². The van der Waals surface area contributed by atoms with Crippen LogP contribution in [0.25, 0.3) is 0 Å². The van der Waals surface area contributed by atoms with Crippen LogP contribution >= 0.6 is 11.3 Å². The number of aliphatic hydroxyl groups is 1. The highest BCUT2D eigenvalue weighted by Crippen LogP contribution is 2.42. The van der Waals surface area contributed by atoms with Gasteiger partial charge in [-0.05, 0) is 50.8 Å². The van der Waals surface area contributed by atoms with E-state index >= 15 is 0 Å². The van der Waals surface area contributed by atoms with Crippen molar-refractivity contribution in [3.63, 3.8) is 0 Å². The van der Waals surface area contributed by atoms with Crippen molar-refractivity contribution in [2.24, 2.45) is 5.73 Å². The normalized spacial score (nSPS) is 26.2. The first-order valence-electron chi connectivity index (χ1n) is 5.18. The third kappa shape index (κ3) is 1.60. The highest BCUT2D eigenvalue weighted by molar-refractivity contribution is 7.12. The van der Waals surface area contributed by atoms with E-state index in [1.807, 2.05) is 0 Å². The Balaban J connectivity index is 2.38. The van der Waals surface area contributed by atoms with Gasteiger partial charge in [0.05, 0.1) is 0 Å². The monoisotopic (exact) mass is 211 g/mol. The van der Waals surface area contributed by atoms with Gasteiger partial charge < -0.3 is 10.8 Å². The summed E-state index contributed by atoms with van der Waals surface area (Å²) in [6, 6.07) is 2.21. The van der Waals surface area contributed by atoms with Gasteiger partial charge in [-0.3, -0.25) is 0 Å². The Bertz CT molecular complexity index is 334. The zero-order chi connectivity index (χ0) is 10.2. The van der Waals surface area contributed by atoms with Crippen molar-refractivity contribution >= 4 is 11.3 Å². The molecule has 3 heteroatoms. The maximum absolute atomic E-state index is 10.5. The molecule has 78 valence electrons. The van der Waals surface area contributed by atoms with Crippen LogP contribution in [0, 0.1) is 6.92 Å². The van der Waals surface area contributed by atoms with Crippen molar-refractivity contribution in [2.45, 2.75) is 38.2 Å². The van der Waals surface area contributed by atoms with E-state index in [2.05, 4.69) is 13.0 Å². The molecule has 3 N–H and O–H groups in total. The molecule has 2 rings (SSSR count). The molecule has 1 heterocycles. The van der Waals surface area contributed by atoms with Crippen LogP contribution in [0.5, 0.6) is 0 Å². The molecule has 0 saturated carbocycles. The van der Waals surface area contributed by atoms with Crippen LogP contribution in [0.3, 0.4) is 0 Å². The topological polar surface area (TPSA) is 46.2 Å². The second kappa shape index (κ2) is 3.65. The minimum atomic E-state index is -0.624. The van der Waals surface area contributed by atoms with Crippen LogP contribution in [-0.2, 0) is 12.0 Å². The van der Waals surface area contributed by atoms with Crippen molar-refractivity contribution in [1.29, 1.82) is 0 Å². The minimum Gasteiger partial charge on any atom is -0.384 e. The van der Waals surface area contributed by atoms with Gasteiger partial charge >= 0.3 is 0 Å². The summed E-state index contributed by atoms with van der Waals surface area (Å²) in [5.41, 5.74) is 6.27. The average Bonchev–Trinajstić information content (AvgIpc) is 2.48. The average molecular weight is 211 g/mol. The Hall–Kier alpha value is -0.380. The Kier molecular flexibility index (Phi) is 2.64. The molecule has 0 saturated heterocycles. The van der Waals surface area contributed by atoms with E-state index in [0.717, 1.165) is 19.3 Å². The smallest absolute Gasteiger partial charge is 0.100 e.